The fourth-order valence-corrected chi connectivity index (χ4v) is 4.66. The zero-order chi connectivity index (χ0) is 24.8. The van der Waals surface area contributed by atoms with E-state index in [0.29, 0.717) is 28.7 Å². The summed E-state index contributed by atoms with van der Waals surface area (Å²) in [4.78, 5) is 27.1. The molecule has 1 heterocycles. The van der Waals surface area contributed by atoms with Gasteiger partial charge in [-0.2, -0.15) is 0 Å². The third-order valence-electron chi connectivity index (χ3n) is 5.48. The number of hydrogen-bond acceptors (Lipinski definition) is 6. The molecule has 0 aliphatic carbocycles. The number of aryl methyl sites for hydroxylation is 1. The number of hydrogen-bond donors (Lipinski definition) is 0. The summed E-state index contributed by atoms with van der Waals surface area (Å²) < 4.78 is 16.9. The monoisotopic (exact) mass is 481 g/mol. The molecule has 3 rings (SSSR count). The summed E-state index contributed by atoms with van der Waals surface area (Å²) in [5.74, 6) is 1.95. The Bertz CT molecular complexity index is 1120. The van der Waals surface area contributed by atoms with Crippen molar-refractivity contribution in [2.75, 3.05) is 27.4 Å². The highest BCUT2D eigenvalue weighted by molar-refractivity contribution is 8.18. The van der Waals surface area contributed by atoms with Crippen LogP contribution in [0.4, 0.5) is 4.79 Å². The molecule has 0 bridgehead atoms. The number of carbonyl (C=O) groups excluding carboxylic acids is 2. The first-order valence-corrected chi connectivity index (χ1v) is 11.9. The summed E-state index contributed by atoms with van der Waals surface area (Å²) in [6.45, 7) is 10.4. The lowest BCUT2D eigenvalue weighted by atomic mass is 10.0. The number of thioether (sulfide) groups is 1. The Morgan fingerprint density at radius 2 is 1.85 bits per heavy atom. The molecule has 0 saturated carbocycles. The summed E-state index contributed by atoms with van der Waals surface area (Å²) in [6, 6.07) is 9.79. The molecule has 34 heavy (non-hydrogen) atoms. The number of methoxy groups -OCH3 is 2. The van der Waals surface area contributed by atoms with E-state index in [9.17, 15) is 9.59 Å². The van der Waals surface area contributed by atoms with E-state index in [4.69, 9.17) is 14.2 Å². The van der Waals surface area contributed by atoms with Gasteiger partial charge in [-0.1, -0.05) is 32.1 Å². The van der Waals surface area contributed by atoms with Crippen LogP contribution in [0.3, 0.4) is 0 Å². The first kappa shape index (κ1) is 25.4. The van der Waals surface area contributed by atoms with E-state index in [1.165, 1.54) is 4.90 Å². The predicted octanol–water partition coefficient (Wildman–Crippen LogP) is 5.98. The molecule has 180 valence electrons. The molecule has 2 amide bonds. The Balaban J connectivity index is 1.76. The minimum atomic E-state index is -0.327. The van der Waals surface area contributed by atoms with E-state index < -0.39 is 0 Å². The van der Waals surface area contributed by atoms with Crippen molar-refractivity contribution in [3.63, 3.8) is 0 Å². The van der Waals surface area contributed by atoms with Crippen LogP contribution in [0.1, 0.15) is 42.0 Å². The highest BCUT2D eigenvalue weighted by Crippen LogP contribution is 2.37. The standard InChI is InChI=1S/C27H31NO5S/c1-7-8-20-14-19(15-23(31-5)25(20)32-6)16-24-26(29)28(27(30)34-24)11-12-33-22-13-18(4)9-10-21(22)17(2)3/h7,9-10,13-17H,1,8,11-12H2,2-6H3/b24-16-. The van der Waals surface area contributed by atoms with Crippen LogP contribution in [0.15, 0.2) is 47.9 Å². The zero-order valence-corrected chi connectivity index (χ0v) is 21.2. The van der Waals surface area contributed by atoms with Crippen LogP contribution in [0, 0.1) is 6.92 Å². The van der Waals surface area contributed by atoms with E-state index in [2.05, 4.69) is 32.6 Å². The Labute approximate surface area is 205 Å². The first-order valence-electron chi connectivity index (χ1n) is 11.1. The molecule has 0 spiro atoms. The maximum absolute atomic E-state index is 13.0. The van der Waals surface area contributed by atoms with Gasteiger partial charge in [0.05, 0.1) is 25.7 Å². The number of amides is 2. The van der Waals surface area contributed by atoms with Gasteiger partial charge in [-0.25, -0.2) is 0 Å². The van der Waals surface area contributed by atoms with E-state index in [1.54, 1.807) is 32.4 Å². The fraction of sp³-hybridized carbons (Fsp3) is 0.333. The van der Waals surface area contributed by atoms with Crippen LogP contribution in [-0.4, -0.2) is 43.4 Å². The topological polar surface area (TPSA) is 65.1 Å². The fourth-order valence-electron chi connectivity index (χ4n) is 3.79. The van der Waals surface area contributed by atoms with Gasteiger partial charge in [0, 0.05) is 5.56 Å². The van der Waals surface area contributed by atoms with Crippen molar-refractivity contribution in [1.82, 2.24) is 4.90 Å². The van der Waals surface area contributed by atoms with Gasteiger partial charge in [0.25, 0.3) is 11.1 Å². The van der Waals surface area contributed by atoms with Crippen molar-refractivity contribution >= 4 is 29.0 Å². The number of benzene rings is 2. The van der Waals surface area contributed by atoms with Crippen molar-refractivity contribution in [3.05, 3.63) is 70.1 Å². The minimum Gasteiger partial charge on any atom is -0.493 e. The smallest absolute Gasteiger partial charge is 0.293 e. The number of ether oxygens (including phenoxy) is 3. The normalized spacial score (nSPS) is 14.8. The molecule has 7 heteroatoms. The summed E-state index contributed by atoms with van der Waals surface area (Å²) in [5.41, 5.74) is 3.83. The second-order valence-corrected chi connectivity index (χ2v) is 9.28. The van der Waals surface area contributed by atoms with Gasteiger partial charge in [-0.3, -0.25) is 14.5 Å². The van der Waals surface area contributed by atoms with Gasteiger partial charge in [-0.05, 0) is 72.0 Å². The van der Waals surface area contributed by atoms with Gasteiger partial charge in [0.2, 0.25) is 0 Å². The number of rotatable bonds is 10. The van der Waals surface area contributed by atoms with Gasteiger partial charge >= 0.3 is 0 Å². The molecule has 1 aliphatic rings. The number of carbonyl (C=O) groups is 2. The van der Waals surface area contributed by atoms with Gasteiger partial charge in [-0.15, -0.1) is 6.58 Å². The van der Waals surface area contributed by atoms with Crippen molar-refractivity contribution in [3.8, 4) is 17.2 Å². The molecule has 2 aromatic carbocycles. The van der Waals surface area contributed by atoms with Crippen LogP contribution < -0.4 is 14.2 Å². The Kier molecular flexibility index (Phi) is 8.45. The predicted molar refractivity (Wildman–Crippen MR) is 137 cm³/mol. The first-order chi connectivity index (χ1) is 16.3. The third kappa shape index (κ3) is 5.65. The lowest BCUT2D eigenvalue weighted by Gasteiger charge is -2.17. The van der Waals surface area contributed by atoms with Crippen LogP contribution >= 0.6 is 11.8 Å². The average Bonchev–Trinajstić information content (AvgIpc) is 3.06. The highest BCUT2D eigenvalue weighted by atomic mass is 32.2. The molecule has 1 aliphatic heterocycles. The van der Waals surface area contributed by atoms with E-state index in [1.807, 2.05) is 19.1 Å². The van der Waals surface area contributed by atoms with Gasteiger partial charge < -0.3 is 14.2 Å². The lowest BCUT2D eigenvalue weighted by molar-refractivity contribution is -0.123. The van der Waals surface area contributed by atoms with E-state index in [-0.39, 0.29) is 24.3 Å². The van der Waals surface area contributed by atoms with Gasteiger partial charge in [0.1, 0.15) is 12.4 Å². The Morgan fingerprint density at radius 3 is 2.50 bits per heavy atom. The number of allylic oxidation sites excluding steroid dienone is 1. The van der Waals surface area contributed by atoms with Crippen LogP contribution in [0.25, 0.3) is 6.08 Å². The largest absolute Gasteiger partial charge is 0.493 e. The summed E-state index contributed by atoms with van der Waals surface area (Å²) >= 11 is 0.927. The van der Waals surface area contributed by atoms with Crippen molar-refractivity contribution < 1.29 is 23.8 Å². The van der Waals surface area contributed by atoms with Crippen LogP contribution in [0.5, 0.6) is 17.2 Å². The van der Waals surface area contributed by atoms with Crippen molar-refractivity contribution in [2.24, 2.45) is 0 Å². The van der Waals surface area contributed by atoms with Gasteiger partial charge in [0.15, 0.2) is 11.5 Å². The van der Waals surface area contributed by atoms with Crippen LogP contribution in [-0.2, 0) is 11.2 Å². The Morgan fingerprint density at radius 1 is 1.09 bits per heavy atom. The van der Waals surface area contributed by atoms with E-state index in [0.717, 1.165) is 39.8 Å². The van der Waals surface area contributed by atoms with E-state index >= 15 is 0 Å². The number of imide groups is 1. The quantitative estimate of drug-likeness (QED) is 0.307. The maximum atomic E-state index is 13.0. The summed E-state index contributed by atoms with van der Waals surface area (Å²) in [7, 11) is 3.14. The molecule has 6 nitrogen and oxygen atoms in total. The molecule has 0 radical (unpaired) electrons. The SMILES string of the molecule is C=CCc1cc(/C=C2\SC(=O)N(CCOc3cc(C)ccc3C(C)C)C2=O)cc(OC)c1OC. The molecule has 1 saturated heterocycles. The molecule has 0 atom stereocenters. The molecular formula is C27H31NO5S. The van der Waals surface area contributed by atoms with Crippen molar-refractivity contribution in [2.45, 2.75) is 33.1 Å². The molecule has 1 fully saturated rings. The molecular weight excluding hydrogens is 450 g/mol. The van der Waals surface area contributed by atoms with Crippen molar-refractivity contribution in [1.29, 1.82) is 0 Å². The number of nitrogens with zero attached hydrogens (tertiary/aromatic N) is 1. The molecule has 0 N–H and O–H groups in total. The summed E-state index contributed by atoms with van der Waals surface area (Å²) in [5, 5.41) is -0.306. The third-order valence-corrected chi connectivity index (χ3v) is 6.38. The minimum absolute atomic E-state index is 0.182. The molecule has 0 unspecified atom stereocenters. The van der Waals surface area contributed by atoms with Crippen LogP contribution in [0.2, 0.25) is 0 Å². The lowest BCUT2D eigenvalue weighted by Crippen LogP contribution is -2.32. The molecule has 2 aromatic rings. The second-order valence-electron chi connectivity index (χ2n) is 8.29. The molecule has 0 aromatic heterocycles. The average molecular weight is 482 g/mol. The Hall–Kier alpha value is -3.19. The zero-order valence-electron chi connectivity index (χ0n) is 20.3. The highest BCUT2D eigenvalue weighted by Gasteiger charge is 2.35. The maximum Gasteiger partial charge on any atom is 0.293 e. The second kappa shape index (κ2) is 11.3. The summed E-state index contributed by atoms with van der Waals surface area (Å²) in [6.07, 6.45) is 4.06.